The summed E-state index contributed by atoms with van der Waals surface area (Å²) in [6.45, 7) is 29.6. The highest BCUT2D eigenvalue weighted by atomic mass is 31.2. The van der Waals surface area contributed by atoms with Crippen LogP contribution in [0.25, 0.3) is 0 Å². The Kier molecular flexibility index (Phi) is 16.0. The third-order valence-corrected chi connectivity index (χ3v) is 12.6. The Bertz CT molecular complexity index is 1280. The molecule has 1 aliphatic rings. The number of benzene rings is 2. The Labute approximate surface area is 317 Å². The zero-order chi connectivity index (χ0) is 38.1. The van der Waals surface area contributed by atoms with Gasteiger partial charge < -0.3 is 0 Å². The molecule has 290 valence electrons. The van der Waals surface area contributed by atoms with Gasteiger partial charge in [-0.05, 0) is 45.6 Å². The minimum absolute atomic E-state index is 0.0143. The molecule has 2 aromatic rings. The first-order valence-corrected chi connectivity index (χ1v) is 22.8. The third kappa shape index (κ3) is 13.7. The zero-order valence-corrected chi connectivity index (χ0v) is 36.6. The van der Waals surface area contributed by atoms with Crippen LogP contribution in [0, 0.1) is 0 Å². The lowest BCUT2D eigenvalue weighted by molar-refractivity contribution is 0.329. The molecule has 0 amide bonds. The standard InChI is InChI=1S/C47H80O3P/c1-14-15-16-17-18-19-20-21-22-23-24-25-26-27-28-29-30-51(48)49-42-36(32-38(44(2,3)4)34-40(42)46(8,9)10)31-37-33-39(45(5,6)7)35-41(43(37)50-51)47(11,12)13/h32-35,48H,14-31H2,1-13H3/q+1. The summed E-state index contributed by atoms with van der Waals surface area (Å²) in [4.78, 5) is 12.6. The molecule has 0 radical (unpaired) electrons. The lowest BCUT2D eigenvalue weighted by atomic mass is 9.76. The molecular weight excluding hydrogens is 643 g/mol. The van der Waals surface area contributed by atoms with Gasteiger partial charge in [-0.2, -0.15) is 4.89 Å². The smallest absolute Gasteiger partial charge is 0.277 e. The summed E-state index contributed by atoms with van der Waals surface area (Å²) in [5, 5.41) is 0. The Morgan fingerprint density at radius 2 is 0.784 bits per heavy atom. The van der Waals surface area contributed by atoms with Crippen molar-refractivity contribution >= 4 is 7.94 Å². The molecule has 0 aliphatic carbocycles. The number of hydrogen-bond donors (Lipinski definition) is 1. The summed E-state index contributed by atoms with van der Waals surface area (Å²) < 4.78 is 13.9. The van der Waals surface area contributed by atoms with Gasteiger partial charge in [-0.1, -0.05) is 204 Å². The SMILES string of the molecule is CCCCCCCCCCCCCCCCCC[P+]1(O)Oc2c(cc(C(C)(C)C)cc2C(C)(C)C)Cc2cc(C(C)(C)C)cc(C(C)(C)C)c2O1. The highest BCUT2D eigenvalue weighted by molar-refractivity contribution is 7.61. The van der Waals surface area contributed by atoms with Crippen molar-refractivity contribution < 1.29 is 13.9 Å². The molecule has 0 saturated carbocycles. The second kappa shape index (κ2) is 18.7. The van der Waals surface area contributed by atoms with Crippen molar-refractivity contribution in [3.63, 3.8) is 0 Å². The second-order valence-electron chi connectivity index (χ2n) is 20.0. The predicted octanol–water partition coefficient (Wildman–Crippen LogP) is 15.3. The molecule has 0 atom stereocenters. The lowest BCUT2D eigenvalue weighted by Crippen LogP contribution is -2.25. The quantitative estimate of drug-likeness (QED) is 0.130. The van der Waals surface area contributed by atoms with Crippen LogP contribution in [0.4, 0.5) is 0 Å². The summed E-state index contributed by atoms with van der Waals surface area (Å²) in [5.41, 5.74) is 6.91. The van der Waals surface area contributed by atoms with Crippen LogP contribution in [0.3, 0.4) is 0 Å². The number of rotatable bonds is 17. The monoisotopic (exact) mass is 724 g/mol. The maximum absolute atomic E-state index is 12.6. The van der Waals surface area contributed by atoms with Crippen LogP contribution in [0.1, 0.15) is 226 Å². The molecule has 0 saturated heterocycles. The van der Waals surface area contributed by atoms with E-state index in [0.29, 0.717) is 12.6 Å². The molecule has 3 nitrogen and oxygen atoms in total. The van der Waals surface area contributed by atoms with E-state index in [0.717, 1.165) is 46.6 Å². The predicted molar refractivity (Wildman–Crippen MR) is 225 cm³/mol. The fraction of sp³-hybridized carbons (Fsp3) is 0.745. The van der Waals surface area contributed by atoms with Gasteiger partial charge in [0.15, 0.2) is 17.7 Å². The minimum atomic E-state index is -3.29. The van der Waals surface area contributed by atoms with Gasteiger partial charge in [0.2, 0.25) is 0 Å². The van der Waals surface area contributed by atoms with Crippen LogP contribution >= 0.6 is 7.94 Å². The van der Waals surface area contributed by atoms with Gasteiger partial charge in [-0.25, -0.2) is 0 Å². The largest absolute Gasteiger partial charge is 0.495 e. The van der Waals surface area contributed by atoms with E-state index in [1.807, 2.05) is 0 Å². The molecule has 0 spiro atoms. The van der Waals surface area contributed by atoms with E-state index in [1.165, 1.54) is 101 Å². The van der Waals surface area contributed by atoms with E-state index in [1.54, 1.807) is 0 Å². The summed E-state index contributed by atoms with van der Waals surface area (Å²) in [6.07, 6.45) is 22.4. The zero-order valence-electron chi connectivity index (χ0n) is 35.7. The van der Waals surface area contributed by atoms with Crippen molar-refractivity contribution in [2.45, 2.75) is 221 Å². The normalized spacial score (nSPS) is 15.0. The van der Waals surface area contributed by atoms with Crippen molar-refractivity contribution in [2.75, 3.05) is 6.16 Å². The summed E-state index contributed by atoms with van der Waals surface area (Å²) >= 11 is 0. The van der Waals surface area contributed by atoms with Gasteiger partial charge >= 0.3 is 7.94 Å². The molecule has 0 bridgehead atoms. The Balaban J connectivity index is 1.78. The maximum atomic E-state index is 12.6. The number of unbranched alkanes of at least 4 members (excludes halogenated alkanes) is 15. The van der Waals surface area contributed by atoms with Gasteiger partial charge in [0.25, 0.3) is 0 Å². The van der Waals surface area contributed by atoms with E-state index < -0.39 is 7.94 Å². The minimum Gasteiger partial charge on any atom is -0.277 e. The van der Waals surface area contributed by atoms with Crippen LogP contribution in [0.15, 0.2) is 24.3 Å². The molecule has 1 heterocycles. The molecule has 1 N–H and O–H groups in total. The van der Waals surface area contributed by atoms with Crippen LogP contribution in [-0.2, 0) is 28.1 Å². The van der Waals surface area contributed by atoms with E-state index >= 15 is 0 Å². The van der Waals surface area contributed by atoms with E-state index in [4.69, 9.17) is 9.05 Å². The van der Waals surface area contributed by atoms with Crippen molar-refractivity contribution in [1.82, 2.24) is 0 Å². The Hall–Kier alpha value is -1.57. The van der Waals surface area contributed by atoms with Crippen LogP contribution < -0.4 is 9.05 Å². The van der Waals surface area contributed by atoms with Gasteiger partial charge in [0.05, 0.1) is 0 Å². The van der Waals surface area contributed by atoms with E-state index in [9.17, 15) is 4.89 Å². The Morgan fingerprint density at radius 3 is 1.08 bits per heavy atom. The first-order valence-electron chi connectivity index (χ1n) is 21.0. The molecule has 51 heavy (non-hydrogen) atoms. The highest BCUT2D eigenvalue weighted by Crippen LogP contribution is 2.62. The van der Waals surface area contributed by atoms with Crippen LogP contribution in [0.5, 0.6) is 11.5 Å². The molecular formula is C47H80O3P+. The van der Waals surface area contributed by atoms with Crippen LogP contribution in [-0.4, -0.2) is 11.1 Å². The van der Waals surface area contributed by atoms with Gasteiger partial charge in [-0.3, -0.25) is 9.05 Å². The van der Waals surface area contributed by atoms with E-state index in [2.05, 4.69) is 114 Å². The van der Waals surface area contributed by atoms with Gasteiger partial charge in [-0.15, -0.1) is 0 Å². The Morgan fingerprint density at radius 1 is 0.471 bits per heavy atom. The van der Waals surface area contributed by atoms with Crippen molar-refractivity contribution in [2.24, 2.45) is 0 Å². The average Bonchev–Trinajstić information content (AvgIpc) is 2.99. The van der Waals surface area contributed by atoms with Gasteiger partial charge in [0.1, 0.15) is 0 Å². The molecule has 2 aromatic carbocycles. The van der Waals surface area contributed by atoms with Crippen LogP contribution in [0.2, 0.25) is 0 Å². The summed E-state index contributed by atoms with van der Waals surface area (Å²) in [5.74, 6) is 1.68. The summed E-state index contributed by atoms with van der Waals surface area (Å²) in [6, 6.07) is 9.34. The number of fused-ring (bicyclic) bond motifs is 2. The van der Waals surface area contributed by atoms with Gasteiger partial charge in [0, 0.05) is 28.7 Å². The highest BCUT2D eigenvalue weighted by Gasteiger charge is 2.48. The first-order chi connectivity index (χ1) is 23.7. The fourth-order valence-corrected chi connectivity index (χ4v) is 9.14. The molecule has 0 aromatic heterocycles. The molecule has 0 unspecified atom stereocenters. The average molecular weight is 724 g/mol. The second-order valence-corrected chi connectivity index (χ2v) is 22.1. The fourth-order valence-electron chi connectivity index (χ4n) is 7.30. The molecule has 4 heteroatoms. The third-order valence-electron chi connectivity index (χ3n) is 10.8. The van der Waals surface area contributed by atoms with Crippen molar-refractivity contribution in [3.05, 3.63) is 57.6 Å². The maximum Gasteiger partial charge on any atom is 0.495 e. The number of hydrogen-bond acceptors (Lipinski definition) is 3. The molecule has 0 fully saturated rings. The molecule has 1 aliphatic heterocycles. The van der Waals surface area contributed by atoms with Crippen molar-refractivity contribution in [1.29, 1.82) is 0 Å². The van der Waals surface area contributed by atoms with Crippen molar-refractivity contribution in [3.8, 4) is 11.5 Å². The van der Waals surface area contributed by atoms with E-state index in [-0.39, 0.29) is 21.7 Å². The topological polar surface area (TPSA) is 38.7 Å². The lowest BCUT2D eigenvalue weighted by Gasteiger charge is -2.33. The first kappa shape index (κ1) is 43.8. The molecule has 3 rings (SSSR count). The summed E-state index contributed by atoms with van der Waals surface area (Å²) in [7, 11) is -3.29.